The van der Waals surface area contributed by atoms with Crippen molar-refractivity contribution in [3.8, 4) is 11.5 Å². The molecule has 31 heavy (non-hydrogen) atoms. The molecule has 0 aliphatic carbocycles. The van der Waals surface area contributed by atoms with E-state index < -0.39 is 10.0 Å². The molecule has 168 valence electrons. The molecule has 7 nitrogen and oxygen atoms in total. The van der Waals surface area contributed by atoms with Crippen molar-refractivity contribution >= 4 is 21.6 Å². The Hall–Kier alpha value is -2.74. The molecular formula is C23H30N2O5S. The molecule has 1 heterocycles. The third-order valence-electron chi connectivity index (χ3n) is 5.50. The van der Waals surface area contributed by atoms with Gasteiger partial charge >= 0.3 is 0 Å². The number of methoxy groups -OCH3 is 2. The fourth-order valence-corrected chi connectivity index (χ4v) is 5.10. The molecule has 0 unspecified atom stereocenters. The predicted molar refractivity (Wildman–Crippen MR) is 120 cm³/mol. The molecule has 1 fully saturated rings. The number of nitrogens with zero attached hydrogens (tertiary/aromatic N) is 2. The van der Waals surface area contributed by atoms with Crippen molar-refractivity contribution in [3.05, 3.63) is 48.0 Å². The van der Waals surface area contributed by atoms with Gasteiger partial charge in [0.05, 0.1) is 24.8 Å². The normalized spacial score (nSPS) is 14.6. The fraction of sp³-hybridized carbons (Fsp3) is 0.435. The highest BCUT2D eigenvalue weighted by molar-refractivity contribution is 7.92. The summed E-state index contributed by atoms with van der Waals surface area (Å²) in [5.74, 6) is 0.640. The second-order valence-corrected chi connectivity index (χ2v) is 9.52. The quantitative estimate of drug-likeness (QED) is 0.649. The van der Waals surface area contributed by atoms with Crippen LogP contribution in [-0.4, -0.2) is 53.1 Å². The van der Waals surface area contributed by atoms with Crippen LogP contribution in [0.2, 0.25) is 0 Å². The van der Waals surface area contributed by atoms with E-state index in [9.17, 15) is 13.2 Å². The van der Waals surface area contributed by atoms with E-state index in [1.165, 1.54) is 14.2 Å². The Morgan fingerprint density at radius 3 is 2.19 bits per heavy atom. The number of carbonyl (C=O) groups is 1. The van der Waals surface area contributed by atoms with Crippen LogP contribution in [0.3, 0.4) is 0 Å². The second kappa shape index (κ2) is 10.0. The first-order valence-corrected chi connectivity index (χ1v) is 11.9. The van der Waals surface area contributed by atoms with Gasteiger partial charge in [-0.25, -0.2) is 8.42 Å². The Balaban J connectivity index is 2.03. The van der Waals surface area contributed by atoms with Crippen LogP contribution in [0.1, 0.15) is 31.2 Å². The van der Waals surface area contributed by atoms with E-state index in [0.29, 0.717) is 30.3 Å². The standard InChI is InChI=1S/C23H30N2O5S/c1-18-8-11-20(12-9-18)31(27,28)25(17-23(26)24-14-6-4-5-7-15-24)21-13-10-19(29-2)16-22(21)30-3/h8-13,16H,4-7,14-15,17H2,1-3H3. The summed E-state index contributed by atoms with van der Waals surface area (Å²) in [5.41, 5.74) is 1.25. The molecule has 2 aromatic rings. The van der Waals surface area contributed by atoms with Crippen molar-refractivity contribution in [2.75, 3.05) is 38.2 Å². The summed E-state index contributed by atoms with van der Waals surface area (Å²) in [4.78, 5) is 15.0. The molecule has 0 spiro atoms. The van der Waals surface area contributed by atoms with E-state index in [0.717, 1.165) is 35.6 Å². The van der Waals surface area contributed by atoms with Crippen LogP contribution in [0.4, 0.5) is 5.69 Å². The molecule has 1 aliphatic heterocycles. The molecule has 0 atom stereocenters. The van der Waals surface area contributed by atoms with Crippen molar-refractivity contribution in [3.63, 3.8) is 0 Å². The third-order valence-corrected chi connectivity index (χ3v) is 7.28. The van der Waals surface area contributed by atoms with E-state index in [1.54, 1.807) is 47.4 Å². The molecule has 0 radical (unpaired) electrons. The summed E-state index contributed by atoms with van der Waals surface area (Å²) < 4.78 is 39.1. The molecule has 0 N–H and O–H groups in total. The van der Waals surface area contributed by atoms with Gasteiger partial charge in [0.15, 0.2) is 0 Å². The van der Waals surface area contributed by atoms with Crippen LogP contribution >= 0.6 is 0 Å². The highest BCUT2D eigenvalue weighted by atomic mass is 32.2. The van der Waals surface area contributed by atoms with Crippen LogP contribution in [-0.2, 0) is 14.8 Å². The minimum Gasteiger partial charge on any atom is -0.497 e. The van der Waals surface area contributed by atoms with E-state index in [2.05, 4.69) is 0 Å². The highest BCUT2D eigenvalue weighted by Gasteiger charge is 2.31. The Kier molecular flexibility index (Phi) is 7.43. The van der Waals surface area contributed by atoms with Gasteiger partial charge in [0.1, 0.15) is 18.0 Å². The van der Waals surface area contributed by atoms with Crippen LogP contribution in [0.25, 0.3) is 0 Å². The SMILES string of the molecule is COc1ccc(N(CC(=O)N2CCCCCC2)S(=O)(=O)c2ccc(C)cc2)c(OC)c1. The number of carbonyl (C=O) groups excluding carboxylic acids is 1. The molecule has 0 bridgehead atoms. The number of rotatable bonds is 7. The second-order valence-electron chi connectivity index (χ2n) is 7.66. The average Bonchev–Trinajstić information content (AvgIpc) is 3.07. The first kappa shape index (κ1) is 22.9. The Morgan fingerprint density at radius 2 is 1.61 bits per heavy atom. The van der Waals surface area contributed by atoms with Crippen molar-refractivity contribution in [1.82, 2.24) is 4.90 Å². The zero-order valence-corrected chi connectivity index (χ0v) is 19.2. The lowest BCUT2D eigenvalue weighted by Crippen LogP contribution is -2.43. The number of hydrogen-bond acceptors (Lipinski definition) is 5. The lowest BCUT2D eigenvalue weighted by Gasteiger charge is -2.29. The Morgan fingerprint density at radius 1 is 0.968 bits per heavy atom. The van der Waals surface area contributed by atoms with Gasteiger partial charge in [-0.3, -0.25) is 9.10 Å². The molecule has 2 aromatic carbocycles. The van der Waals surface area contributed by atoms with Crippen molar-refractivity contribution < 1.29 is 22.7 Å². The topological polar surface area (TPSA) is 76.2 Å². The van der Waals surface area contributed by atoms with Crippen LogP contribution in [0, 0.1) is 6.92 Å². The van der Waals surface area contributed by atoms with Gasteiger partial charge in [0.2, 0.25) is 5.91 Å². The number of benzene rings is 2. The highest BCUT2D eigenvalue weighted by Crippen LogP contribution is 2.35. The number of sulfonamides is 1. The number of likely N-dealkylation sites (tertiary alicyclic amines) is 1. The maximum atomic E-state index is 13.6. The first-order chi connectivity index (χ1) is 14.9. The Bertz CT molecular complexity index is 997. The van der Waals surface area contributed by atoms with Crippen molar-refractivity contribution in [2.24, 2.45) is 0 Å². The van der Waals surface area contributed by atoms with Crippen molar-refractivity contribution in [2.45, 2.75) is 37.5 Å². The minimum absolute atomic E-state index is 0.125. The van der Waals surface area contributed by atoms with E-state index in [-0.39, 0.29) is 17.3 Å². The number of anilines is 1. The molecule has 1 amide bonds. The van der Waals surface area contributed by atoms with Gasteiger partial charge < -0.3 is 14.4 Å². The lowest BCUT2D eigenvalue weighted by molar-refractivity contribution is -0.129. The number of hydrogen-bond donors (Lipinski definition) is 0. The van der Waals surface area contributed by atoms with Gasteiger partial charge in [-0.2, -0.15) is 0 Å². The van der Waals surface area contributed by atoms with Gasteiger partial charge in [0.25, 0.3) is 10.0 Å². The van der Waals surface area contributed by atoms with Gasteiger partial charge in [-0.1, -0.05) is 30.5 Å². The molecule has 1 saturated heterocycles. The average molecular weight is 447 g/mol. The number of amides is 1. The van der Waals surface area contributed by atoms with Crippen LogP contribution in [0.5, 0.6) is 11.5 Å². The molecular weight excluding hydrogens is 416 g/mol. The summed E-state index contributed by atoms with van der Waals surface area (Å²) in [6.07, 6.45) is 4.04. The molecule has 0 aromatic heterocycles. The lowest BCUT2D eigenvalue weighted by atomic mass is 10.2. The zero-order valence-electron chi connectivity index (χ0n) is 18.3. The predicted octanol–water partition coefficient (Wildman–Crippen LogP) is 3.61. The molecule has 8 heteroatoms. The summed E-state index contributed by atoms with van der Waals surface area (Å²) in [5, 5.41) is 0. The van der Waals surface area contributed by atoms with Gasteiger partial charge in [0, 0.05) is 19.2 Å². The van der Waals surface area contributed by atoms with E-state index in [4.69, 9.17) is 9.47 Å². The molecule has 0 saturated carbocycles. The fourth-order valence-electron chi connectivity index (χ4n) is 3.67. The van der Waals surface area contributed by atoms with Crippen LogP contribution in [0.15, 0.2) is 47.4 Å². The number of aryl methyl sites for hydroxylation is 1. The monoisotopic (exact) mass is 446 g/mol. The summed E-state index contributed by atoms with van der Waals surface area (Å²) in [6, 6.07) is 11.5. The van der Waals surface area contributed by atoms with E-state index >= 15 is 0 Å². The molecule has 3 rings (SSSR count). The van der Waals surface area contributed by atoms with Crippen LogP contribution < -0.4 is 13.8 Å². The summed E-state index contributed by atoms with van der Waals surface area (Å²) in [6.45, 7) is 2.90. The maximum Gasteiger partial charge on any atom is 0.264 e. The number of ether oxygens (including phenoxy) is 2. The maximum absolute atomic E-state index is 13.6. The largest absolute Gasteiger partial charge is 0.497 e. The zero-order chi connectivity index (χ0) is 22.4. The smallest absolute Gasteiger partial charge is 0.264 e. The third kappa shape index (κ3) is 5.31. The summed E-state index contributed by atoms with van der Waals surface area (Å²) >= 11 is 0. The van der Waals surface area contributed by atoms with Crippen molar-refractivity contribution in [1.29, 1.82) is 0 Å². The first-order valence-electron chi connectivity index (χ1n) is 10.5. The molecule has 1 aliphatic rings. The minimum atomic E-state index is -4.00. The van der Waals surface area contributed by atoms with Gasteiger partial charge in [-0.15, -0.1) is 0 Å². The summed E-state index contributed by atoms with van der Waals surface area (Å²) in [7, 11) is -1.01. The van der Waals surface area contributed by atoms with E-state index in [1.807, 2.05) is 6.92 Å². The Labute approximate surface area is 184 Å². The van der Waals surface area contributed by atoms with Gasteiger partial charge in [-0.05, 0) is 44.0 Å².